The van der Waals surface area contributed by atoms with Gasteiger partial charge in [0.25, 0.3) is 0 Å². The SMILES string of the molecule is CN1CCCC(Cn2c(CN3CCC[C@@H]4CCc5cccnc5C43C)nc3ccccc32)C1. The molecule has 3 atom stereocenters. The number of benzene rings is 1. The highest BCUT2D eigenvalue weighted by Crippen LogP contribution is 2.48. The summed E-state index contributed by atoms with van der Waals surface area (Å²) in [4.78, 5) is 15.4. The van der Waals surface area contributed by atoms with Crippen molar-refractivity contribution in [1.29, 1.82) is 0 Å². The molecule has 0 bridgehead atoms. The van der Waals surface area contributed by atoms with E-state index in [1.807, 2.05) is 6.20 Å². The molecule has 1 aromatic carbocycles. The fourth-order valence-corrected chi connectivity index (χ4v) is 7.04. The summed E-state index contributed by atoms with van der Waals surface area (Å²) in [6, 6.07) is 13.1. The zero-order valence-corrected chi connectivity index (χ0v) is 20.2. The van der Waals surface area contributed by atoms with E-state index in [-0.39, 0.29) is 5.54 Å². The minimum absolute atomic E-state index is 0.00111. The zero-order valence-electron chi connectivity index (χ0n) is 20.2. The summed E-state index contributed by atoms with van der Waals surface area (Å²) < 4.78 is 2.55. The van der Waals surface area contributed by atoms with E-state index >= 15 is 0 Å². The first-order valence-corrected chi connectivity index (χ1v) is 12.9. The number of aryl methyl sites for hydroxylation is 1. The molecule has 2 aromatic heterocycles. The molecule has 33 heavy (non-hydrogen) atoms. The first kappa shape index (κ1) is 21.3. The lowest BCUT2D eigenvalue weighted by Crippen LogP contribution is -2.55. The van der Waals surface area contributed by atoms with Crippen LogP contribution in [0.15, 0.2) is 42.6 Å². The minimum Gasteiger partial charge on any atom is -0.327 e. The second kappa shape index (κ2) is 8.52. The molecule has 0 N–H and O–H groups in total. The lowest BCUT2D eigenvalue weighted by Gasteiger charge is -2.52. The van der Waals surface area contributed by atoms with E-state index in [9.17, 15) is 0 Å². The summed E-state index contributed by atoms with van der Waals surface area (Å²) in [7, 11) is 2.27. The van der Waals surface area contributed by atoms with E-state index in [2.05, 4.69) is 64.7 Å². The number of imidazole rings is 1. The van der Waals surface area contributed by atoms with Gasteiger partial charge in [0, 0.05) is 19.3 Å². The number of fused-ring (bicyclic) bond motifs is 4. The number of para-hydroxylation sites is 2. The van der Waals surface area contributed by atoms with E-state index in [0.717, 1.165) is 25.2 Å². The summed E-state index contributed by atoms with van der Waals surface area (Å²) in [5.74, 6) is 2.61. The van der Waals surface area contributed by atoms with Crippen molar-refractivity contribution >= 4 is 11.0 Å². The van der Waals surface area contributed by atoms with Gasteiger partial charge in [0.15, 0.2) is 0 Å². The Hall–Kier alpha value is -2.24. The highest BCUT2D eigenvalue weighted by atomic mass is 15.3. The number of hydrogen-bond donors (Lipinski definition) is 0. The van der Waals surface area contributed by atoms with Crippen molar-refractivity contribution in [1.82, 2.24) is 24.3 Å². The van der Waals surface area contributed by atoms with E-state index in [4.69, 9.17) is 9.97 Å². The van der Waals surface area contributed by atoms with Crippen LogP contribution in [0.4, 0.5) is 0 Å². The van der Waals surface area contributed by atoms with Gasteiger partial charge in [0.05, 0.1) is 28.8 Å². The van der Waals surface area contributed by atoms with Gasteiger partial charge in [-0.1, -0.05) is 18.2 Å². The van der Waals surface area contributed by atoms with Crippen LogP contribution in [0.3, 0.4) is 0 Å². The molecule has 3 aromatic rings. The van der Waals surface area contributed by atoms with E-state index < -0.39 is 0 Å². The van der Waals surface area contributed by atoms with Gasteiger partial charge in [0.2, 0.25) is 0 Å². The molecule has 1 aliphatic carbocycles. The molecule has 5 heteroatoms. The van der Waals surface area contributed by atoms with Crippen LogP contribution >= 0.6 is 0 Å². The quantitative estimate of drug-likeness (QED) is 0.578. The Morgan fingerprint density at radius 2 is 1.91 bits per heavy atom. The molecule has 0 amide bonds. The second-order valence-corrected chi connectivity index (χ2v) is 10.9. The largest absolute Gasteiger partial charge is 0.327 e. The average Bonchev–Trinajstić information content (AvgIpc) is 3.17. The third-order valence-electron chi connectivity index (χ3n) is 8.79. The molecule has 0 spiro atoms. The topological polar surface area (TPSA) is 37.2 Å². The highest BCUT2D eigenvalue weighted by molar-refractivity contribution is 5.75. The molecule has 6 rings (SSSR count). The van der Waals surface area contributed by atoms with Crippen LogP contribution < -0.4 is 0 Å². The van der Waals surface area contributed by atoms with E-state index in [1.54, 1.807) is 0 Å². The molecule has 0 radical (unpaired) electrons. The van der Waals surface area contributed by atoms with Crippen LogP contribution in [0.2, 0.25) is 0 Å². The molecule has 4 heterocycles. The maximum absolute atomic E-state index is 5.20. The molecule has 2 unspecified atom stereocenters. The lowest BCUT2D eigenvalue weighted by molar-refractivity contribution is -0.0196. The van der Waals surface area contributed by atoms with Crippen LogP contribution in [-0.2, 0) is 25.0 Å². The van der Waals surface area contributed by atoms with Gasteiger partial charge in [-0.25, -0.2) is 4.98 Å². The molecule has 2 fully saturated rings. The second-order valence-electron chi connectivity index (χ2n) is 10.9. The molecular weight excluding hydrogens is 406 g/mol. The van der Waals surface area contributed by atoms with Gasteiger partial charge >= 0.3 is 0 Å². The van der Waals surface area contributed by atoms with Crippen LogP contribution in [0, 0.1) is 11.8 Å². The summed E-state index contributed by atoms with van der Waals surface area (Å²) in [6.45, 7) is 7.98. The van der Waals surface area contributed by atoms with Gasteiger partial charge in [-0.2, -0.15) is 0 Å². The molecule has 2 aliphatic heterocycles. The normalized spacial score (nSPS) is 28.5. The van der Waals surface area contributed by atoms with Crippen molar-refractivity contribution in [3.05, 3.63) is 59.7 Å². The monoisotopic (exact) mass is 443 g/mol. The third kappa shape index (κ3) is 3.70. The number of aromatic nitrogens is 3. The first-order chi connectivity index (χ1) is 16.1. The first-order valence-electron chi connectivity index (χ1n) is 12.9. The predicted octanol–water partition coefficient (Wildman–Crippen LogP) is 4.85. The van der Waals surface area contributed by atoms with E-state index in [0.29, 0.717) is 11.8 Å². The number of hydrogen-bond acceptors (Lipinski definition) is 4. The van der Waals surface area contributed by atoms with Crippen LogP contribution in [0.25, 0.3) is 11.0 Å². The molecule has 174 valence electrons. The number of likely N-dealkylation sites (tertiary alicyclic amines) is 2. The molecule has 0 saturated carbocycles. The minimum atomic E-state index is 0.00111. The zero-order chi connectivity index (χ0) is 22.4. The Labute approximate surface area is 197 Å². The van der Waals surface area contributed by atoms with Gasteiger partial charge in [-0.3, -0.25) is 9.88 Å². The summed E-state index contributed by atoms with van der Waals surface area (Å²) in [5.41, 5.74) is 5.19. The van der Waals surface area contributed by atoms with Gasteiger partial charge in [-0.05, 0) is 101 Å². The smallest absolute Gasteiger partial charge is 0.124 e. The Balaban J connectivity index is 1.37. The Morgan fingerprint density at radius 3 is 2.82 bits per heavy atom. The van der Waals surface area contributed by atoms with Crippen molar-refractivity contribution in [3.63, 3.8) is 0 Å². The maximum atomic E-state index is 5.20. The fourth-order valence-electron chi connectivity index (χ4n) is 7.04. The summed E-state index contributed by atoms with van der Waals surface area (Å²) >= 11 is 0. The maximum Gasteiger partial charge on any atom is 0.124 e. The Bertz CT molecular complexity index is 1140. The number of pyridine rings is 1. The highest BCUT2D eigenvalue weighted by Gasteiger charge is 2.48. The summed E-state index contributed by atoms with van der Waals surface area (Å²) in [6.07, 6.45) is 9.65. The van der Waals surface area contributed by atoms with Crippen molar-refractivity contribution in [2.45, 2.75) is 64.1 Å². The number of nitrogens with zero attached hydrogens (tertiary/aromatic N) is 5. The lowest BCUT2D eigenvalue weighted by atomic mass is 9.67. The predicted molar refractivity (Wildman–Crippen MR) is 133 cm³/mol. The van der Waals surface area contributed by atoms with Crippen molar-refractivity contribution < 1.29 is 0 Å². The number of rotatable bonds is 4. The number of piperidine rings is 2. The van der Waals surface area contributed by atoms with Crippen molar-refractivity contribution in [2.75, 3.05) is 26.7 Å². The summed E-state index contributed by atoms with van der Waals surface area (Å²) in [5, 5.41) is 0. The molecular formula is C28H37N5. The Morgan fingerprint density at radius 1 is 1.03 bits per heavy atom. The fraction of sp³-hybridized carbons (Fsp3) is 0.571. The van der Waals surface area contributed by atoms with Crippen molar-refractivity contribution in [3.8, 4) is 0 Å². The van der Waals surface area contributed by atoms with Gasteiger partial charge in [-0.15, -0.1) is 0 Å². The van der Waals surface area contributed by atoms with Crippen LogP contribution in [0.5, 0.6) is 0 Å². The van der Waals surface area contributed by atoms with Gasteiger partial charge in [0.1, 0.15) is 5.82 Å². The molecule has 5 nitrogen and oxygen atoms in total. The molecule has 2 saturated heterocycles. The van der Waals surface area contributed by atoms with Crippen LogP contribution in [-0.4, -0.2) is 51.0 Å². The average molecular weight is 444 g/mol. The standard InChI is InChI=1S/C28H37N5/c1-28-23(14-13-22-9-5-15-29-27(22)28)10-7-17-32(28)20-26-30-24-11-3-4-12-25(24)33(26)19-21-8-6-16-31(2)18-21/h3-5,9,11-12,15,21,23H,6-8,10,13-14,16-20H2,1-2H3/t21?,23-,28?/m1/s1. The van der Waals surface area contributed by atoms with Gasteiger partial charge < -0.3 is 9.47 Å². The van der Waals surface area contributed by atoms with E-state index in [1.165, 1.54) is 74.2 Å². The van der Waals surface area contributed by atoms with Crippen molar-refractivity contribution in [2.24, 2.45) is 11.8 Å². The third-order valence-corrected chi connectivity index (χ3v) is 8.79. The Kier molecular flexibility index (Phi) is 5.50. The molecule has 3 aliphatic rings. The van der Waals surface area contributed by atoms with Crippen LogP contribution in [0.1, 0.15) is 56.1 Å².